The van der Waals surface area contributed by atoms with E-state index < -0.39 is 0 Å². The Morgan fingerprint density at radius 1 is 1.06 bits per heavy atom. The molecule has 1 fully saturated rings. The summed E-state index contributed by atoms with van der Waals surface area (Å²) in [6, 6.07) is 10.7. The van der Waals surface area contributed by atoms with Crippen LogP contribution in [0.25, 0.3) is 10.9 Å². The van der Waals surface area contributed by atoms with Crippen LogP contribution in [0.1, 0.15) is 43.4 Å². The molecule has 0 radical (unpaired) electrons. The van der Waals surface area contributed by atoms with Crippen molar-refractivity contribution in [3.63, 3.8) is 0 Å². The van der Waals surface area contributed by atoms with E-state index in [4.69, 9.17) is 5.73 Å². The molecule has 0 atom stereocenters. The average molecular weight is 240 g/mol. The second kappa shape index (κ2) is 4.36. The molecular formula is C16H20N2. The topological polar surface area (TPSA) is 38.9 Å². The van der Waals surface area contributed by atoms with Crippen molar-refractivity contribution in [1.29, 1.82) is 0 Å². The van der Waals surface area contributed by atoms with E-state index >= 15 is 0 Å². The first-order valence-electron chi connectivity index (χ1n) is 6.84. The van der Waals surface area contributed by atoms with Gasteiger partial charge in [-0.25, -0.2) is 0 Å². The number of nitrogens with two attached hydrogens (primary N) is 1. The lowest BCUT2D eigenvalue weighted by molar-refractivity contribution is 0.302. The molecule has 0 spiro atoms. The van der Waals surface area contributed by atoms with Gasteiger partial charge in [-0.15, -0.1) is 0 Å². The Bertz CT molecular complexity index is 568. The maximum absolute atomic E-state index is 6.58. The standard InChI is InChI=1S/C16H20N2/c1-12-5-6-13-11-14(7-8-15(13)18-12)16(17)9-3-2-4-10-16/h5-8,11H,2-4,9-10,17H2,1H3. The van der Waals surface area contributed by atoms with Crippen molar-refractivity contribution in [2.45, 2.75) is 44.6 Å². The summed E-state index contributed by atoms with van der Waals surface area (Å²) >= 11 is 0. The van der Waals surface area contributed by atoms with Crippen molar-refractivity contribution in [2.24, 2.45) is 5.73 Å². The number of pyridine rings is 1. The molecule has 2 heteroatoms. The number of hydrogen-bond acceptors (Lipinski definition) is 2. The molecule has 94 valence electrons. The third kappa shape index (κ3) is 2.01. The van der Waals surface area contributed by atoms with E-state index in [0.717, 1.165) is 24.1 Å². The summed E-state index contributed by atoms with van der Waals surface area (Å²) in [6.45, 7) is 2.03. The van der Waals surface area contributed by atoms with Gasteiger partial charge >= 0.3 is 0 Å². The zero-order valence-electron chi connectivity index (χ0n) is 10.9. The highest BCUT2D eigenvalue weighted by molar-refractivity contribution is 5.79. The maximum atomic E-state index is 6.58. The molecule has 0 amide bonds. The lowest BCUT2D eigenvalue weighted by Crippen LogP contribution is -2.38. The van der Waals surface area contributed by atoms with Gasteiger partial charge < -0.3 is 5.73 Å². The van der Waals surface area contributed by atoms with Gasteiger partial charge in [-0.3, -0.25) is 4.98 Å². The number of rotatable bonds is 1. The summed E-state index contributed by atoms with van der Waals surface area (Å²) < 4.78 is 0. The van der Waals surface area contributed by atoms with E-state index in [-0.39, 0.29) is 5.54 Å². The van der Waals surface area contributed by atoms with Crippen LogP contribution in [0.5, 0.6) is 0 Å². The van der Waals surface area contributed by atoms with Gasteiger partial charge in [0.05, 0.1) is 5.52 Å². The van der Waals surface area contributed by atoms with Gasteiger partial charge in [0.2, 0.25) is 0 Å². The van der Waals surface area contributed by atoms with Crippen LogP contribution in [0.15, 0.2) is 30.3 Å². The summed E-state index contributed by atoms with van der Waals surface area (Å²) in [5.74, 6) is 0. The summed E-state index contributed by atoms with van der Waals surface area (Å²) in [4.78, 5) is 4.54. The summed E-state index contributed by atoms with van der Waals surface area (Å²) in [5, 5.41) is 1.20. The number of aryl methyl sites for hydroxylation is 1. The molecule has 3 rings (SSSR count). The second-order valence-corrected chi connectivity index (χ2v) is 5.58. The van der Waals surface area contributed by atoms with Gasteiger partial charge in [0.1, 0.15) is 0 Å². The van der Waals surface area contributed by atoms with Crippen molar-refractivity contribution in [1.82, 2.24) is 4.98 Å². The quantitative estimate of drug-likeness (QED) is 0.826. The molecular weight excluding hydrogens is 220 g/mol. The predicted molar refractivity (Wildman–Crippen MR) is 75.4 cm³/mol. The number of fused-ring (bicyclic) bond motifs is 1. The Balaban J connectivity index is 2.05. The van der Waals surface area contributed by atoms with Gasteiger partial charge in [-0.05, 0) is 43.5 Å². The third-order valence-electron chi connectivity index (χ3n) is 4.15. The molecule has 1 aromatic carbocycles. The molecule has 2 nitrogen and oxygen atoms in total. The van der Waals surface area contributed by atoms with E-state index in [1.165, 1.54) is 30.2 Å². The van der Waals surface area contributed by atoms with Gasteiger partial charge in [0.15, 0.2) is 0 Å². The predicted octanol–water partition coefficient (Wildman–Crippen LogP) is 3.66. The van der Waals surface area contributed by atoms with Crippen molar-refractivity contribution in [3.05, 3.63) is 41.6 Å². The van der Waals surface area contributed by atoms with Crippen LogP contribution < -0.4 is 5.73 Å². The Hall–Kier alpha value is -1.41. The molecule has 2 N–H and O–H groups in total. The van der Waals surface area contributed by atoms with Crippen molar-refractivity contribution in [3.8, 4) is 0 Å². The molecule has 1 aliphatic carbocycles. The van der Waals surface area contributed by atoms with Crippen LogP contribution in [0, 0.1) is 6.92 Å². The highest BCUT2D eigenvalue weighted by atomic mass is 14.7. The first-order chi connectivity index (χ1) is 8.67. The van der Waals surface area contributed by atoms with E-state index in [2.05, 4.69) is 35.3 Å². The highest BCUT2D eigenvalue weighted by Crippen LogP contribution is 2.35. The van der Waals surface area contributed by atoms with Crippen molar-refractivity contribution in [2.75, 3.05) is 0 Å². The molecule has 18 heavy (non-hydrogen) atoms. The first kappa shape index (κ1) is 11.7. The van der Waals surface area contributed by atoms with Crippen LogP contribution in [-0.2, 0) is 5.54 Å². The zero-order valence-corrected chi connectivity index (χ0v) is 10.9. The smallest absolute Gasteiger partial charge is 0.0705 e. The van der Waals surface area contributed by atoms with Crippen LogP contribution >= 0.6 is 0 Å². The zero-order chi connectivity index (χ0) is 12.6. The van der Waals surface area contributed by atoms with Crippen LogP contribution in [0.3, 0.4) is 0 Å². The van der Waals surface area contributed by atoms with Crippen molar-refractivity contribution < 1.29 is 0 Å². The summed E-state index contributed by atoms with van der Waals surface area (Å²) in [6.07, 6.45) is 6.05. The number of aromatic nitrogens is 1. The summed E-state index contributed by atoms with van der Waals surface area (Å²) in [7, 11) is 0. The van der Waals surface area contributed by atoms with E-state index in [1.54, 1.807) is 0 Å². The third-order valence-corrected chi connectivity index (χ3v) is 4.15. The van der Waals surface area contributed by atoms with E-state index in [9.17, 15) is 0 Å². The van der Waals surface area contributed by atoms with Gasteiger partial charge in [0.25, 0.3) is 0 Å². The van der Waals surface area contributed by atoms with Gasteiger partial charge in [-0.1, -0.05) is 31.4 Å². The fourth-order valence-corrected chi connectivity index (χ4v) is 3.01. The Morgan fingerprint density at radius 2 is 1.83 bits per heavy atom. The Morgan fingerprint density at radius 3 is 2.61 bits per heavy atom. The molecule has 0 aliphatic heterocycles. The average Bonchev–Trinajstić information content (AvgIpc) is 2.39. The van der Waals surface area contributed by atoms with E-state index in [1.807, 2.05) is 6.92 Å². The fraction of sp³-hybridized carbons (Fsp3) is 0.438. The molecule has 0 bridgehead atoms. The molecule has 2 aromatic rings. The van der Waals surface area contributed by atoms with Crippen LogP contribution in [-0.4, -0.2) is 4.98 Å². The normalized spacial score (nSPS) is 19.0. The minimum Gasteiger partial charge on any atom is -0.321 e. The van der Waals surface area contributed by atoms with Crippen LogP contribution in [0.4, 0.5) is 0 Å². The first-order valence-corrected chi connectivity index (χ1v) is 6.84. The monoisotopic (exact) mass is 240 g/mol. The Kier molecular flexibility index (Phi) is 2.83. The lowest BCUT2D eigenvalue weighted by atomic mass is 9.77. The van der Waals surface area contributed by atoms with Gasteiger partial charge in [0, 0.05) is 16.6 Å². The molecule has 1 aromatic heterocycles. The van der Waals surface area contributed by atoms with Crippen LogP contribution in [0.2, 0.25) is 0 Å². The molecule has 1 heterocycles. The molecule has 1 saturated carbocycles. The minimum absolute atomic E-state index is 0.114. The highest BCUT2D eigenvalue weighted by Gasteiger charge is 2.29. The largest absolute Gasteiger partial charge is 0.321 e. The summed E-state index contributed by atoms with van der Waals surface area (Å²) in [5.41, 5.74) is 9.88. The molecule has 0 saturated heterocycles. The van der Waals surface area contributed by atoms with Crippen molar-refractivity contribution >= 4 is 10.9 Å². The number of benzene rings is 1. The molecule has 0 unspecified atom stereocenters. The van der Waals surface area contributed by atoms with E-state index in [0.29, 0.717) is 0 Å². The maximum Gasteiger partial charge on any atom is 0.0705 e. The second-order valence-electron chi connectivity index (χ2n) is 5.58. The number of nitrogens with zero attached hydrogens (tertiary/aromatic N) is 1. The lowest BCUT2D eigenvalue weighted by Gasteiger charge is -2.34. The fourth-order valence-electron chi connectivity index (χ4n) is 3.01. The minimum atomic E-state index is -0.114. The van der Waals surface area contributed by atoms with Gasteiger partial charge in [-0.2, -0.15) is 0 Å². The molecule has 1 aliphatic rings. The SMILES string of the molecule is Cc1ccc2cc(C3(N)CCCCC3)ccc2n1. The Labute approximate surface area is 108 Å². The number of hydrogen-bond donors (Lipinski definition) is 1.